The van der Waals surface area contributed by atoms with Crippen molar-refractivity contribution in [3.63, 3.8) is 0 Å². The van der Waals surface area contributed by atoms with E-state index in [0.717, 1.165) is 11.6 Å². The minimum atomic E-state index is 0. The molecule has 13 heavy (non-hydrogen) atoms. The molecular formula is C4H6CuN8. The van der Waals surface area contributed by atoms with Crippen LogP contribution in [0.15, 0.2) is 0 Å². The zero-order valence-electron chi connectivity index (χ0n) is 6.40. The van der Waals surface area contributed by atoms with Crippen molar-refractivity contribution >= 4 is 0 Å². The smallest absolute Gasteiger partial charge is 0.148 e. The second kappa shape index (κ2) is 4.63. The van der Waals surface area contributed by atoms with Crippen molar-refractivity contribution in [2.45, 2.75) is 12.8 Å². The van der Waals surface area contributed by atoms with E-state index in [1.54, 1.807) is 0 Å². The number of nitrogens with zero attached hydrogens (tertiary/aromatic N) is 6. The van der Waals surface area contributed by atoms with Gasteiger partial charge >= 0.3 is 0 Å². The molecule has 9 heteroatoms. The first-order chi connectivity index (χ1) is 5.95. The second-order valence-corrected chi connectivity index (χ2v) is 2.20. The van der Waals surface area contributed by atoms with Crippen LogP contribution in [0.4, 0.5) is 0 Å². The van der Waals surface area contributed by atoms with Gasteiger partial charge in [0.1, 0.15) is 11.6 Å². The molecule has 2 heterocycles. The molecular weight excluding hydrogens is 224 g/mol. The van der Waals surface area contributed by atoms with Crippen LogP contribution in [0.25, 0.3) is 0 Å². The third-order valence-electron chi connectivity index (χ3n) is 1.38. The van der Waals surface area contributed by atoms with E-state index in [9.17, 15) is 0 Å². The first kappa shape index (κ1) is 9.75. The fourth-order valence-electron chi connectivity index (χ4n) is 0.806. The predicted octanol–water partition coefficient (Wildman–Crippen LogP) is -1.50. The standard InChI is InChI=1S/C4H6N8.Cu/c1(3-5-9-10-6-3)2-4-7-11-12-8-4;/h1-2H2,(H,5,6,9,10)(H,7,8,11,12);. The van der Waals surface area contributed by atoms with Crippen molar-refractivity contribution < 1.29 is 17.1 Å². The number of hydrogen-bond acceptors (Lipinski definition) is 6. The Hall–Kier alpha value is -1.34. The summed E-state index contributed by atoms with van der Waals surface area (Å²) in [6, 6.07) is 0. The van der Waals surface area contributed by atoms with Crippen molar-refractivity contribution in [1.82, 2.24) is 41.2 Å². The third kappa shape index (κ3) is 2.56. The molecule has 0 aromatic carbocycles. The summed E-state index contributed by atoms with van der Waals surface area (Å²) >= 11 is 0. The van der Waals surface area contributed by atoms with Crippen LogP contribution in [-0.2, 0) is 29.9 Å². The van der Waals surface area contributed by atoms with Crippen LogP contribution in [0.2, 0.25) is 0 Å². The van der Waals surface area contributed by atoms with E-state index in [-0.39, 0.29) is 17.1 Å². The van der Waals surface area contributed by atoms with Crippen LogP contribution < -0.4 is 0 Å². The van der Waals surface area contributed by atoms with Crippen LogP contribution >= 0.6 is 0 Å². The number of aromatic amines is 2. The molecule has 0 fully saturated rings. The zero-order valence-corrected chi connectivity index (χ0v) is 7.34. The van der Waals surface area contributed by atoms with E-state index >= 15 is 0 Å². The molecule has 1 radical (unpaired) electrons. The molecule has 0 bridgehead atoms. The monoisotopic (exact) mass is 229 g/mol. The average Bonchev–Trinajstić information content (AvgIpc) is 2.74. The van der Waals surface area contributed by atoms with Crippen LogP contribution in [0.1, 0.15) is 11.6 Å². The van der Waals surface area contributed by atoms with Gasteiger partial charge in [-0.15, -0.1) is 10.2 Å². The van der Waals surface area contributed by atoms with Gasteiger partial charge in [0, 0.05) is 29.9 Å². The van der Waals surface area contributed by atoms with Gasteiger partial charge in [-0.2, -0.15) is 0 Å². The van der Waals surface area contributed by atoms with E-state index in [4.69, 9.17) is 0 Å². The summed E-state index contributed by atoms with van der Waals surface area (Å²) in [6.07, 6.45) is 1.40. The van der Waals surface area contributed by atoms with Gasteiger partial charge in [-0.3, -0.25) is 0 Å². The molecule has 73 valence electrons. The maximum Gasteiger partial charge on any atom is 0.148 e. The first-order valence-corrected chi connectivity index (χ1v) is 3.40. The number of H-pyrrole nitrogens is 2. The van der Waals surface area contributed by atoms with E-state index in [2.05, 4.69) is 41.2 Å². The minimum absolute atomic E-state index is 0. The molecule has 2 rings (SSSR count). The molecule has 0 amide bonds. The SMILES string of the molecule is C(Cc1nnn[nH]1)c1nnn[nH]1.[Cu]. The number of rotatable bonds is 3. The Morgan fingerprint density at radius 3 is 1.62 bits per heavy atom. The second-order valence-electron chi connectivity index (χ2n) is 2.20. The van der Waals surface area contributed by atoms with Crippen molar-refractivity contribution in [3.05, 3.63) is 11.6 Å². The van der Waals surface area contributed by atoms with Crippen molar-refractivity contribution in [2.24, 2.45) is 0 Å². The molecule has 0 unspecified atom stereocenters. The van der Waals surface area contributed by atoms with Gasteiger partial charge in [0.2, 0.25) is 0 Å². The molecule has 0 spiro atoms. The Bertz CT molecular complexity index is 280. The molecule has 2 aromatic rings. The number of tetrazole rings is 2. The molecule has 0 aliphatic carbocycles. The van der Waals surface area contributed by atoms with E-state index in [0.29, 0.717) is 12.8 Å². The first-order valence-electron chi connectivity index (χ1n) is 3.40. The van der Waals surface area contributed by atoms with Gasteiger partial charge in [0.15, 0.2) is 0 Å². The Balaban J connectivity index is 0.000000845. The molecule has 0 aliphatic heterocycles. The Kier molecular flexibility index (Phi) is 3.47. The van der Waals surface area contributed by atoms with Gasteiger partial charge in [-0.1, -0.05) is 0 Å². The largest absolute Gasteiger partial charge is 0.243 e. The summed E-state index contributed by atoms with van der Waals surface area (Å²) in [4.78, 5) is 0. The summed E-state index contributed by atoms with van der Waals surface area (Å²) in [5.74, 6) is 1.46. The summed E-state index contributed by atoms with van der Waals surface area (Å²) in [5.41, 5.74) is 0. The van der Waals surface area contributed by atoms with E-state index in [1.165, 1.54) is 0 Å². The van der Waals surface area contributed by atoms with Crippen LogP contribution in [0, 0.1) is 0 Å². The summed E-state index contributed by atoms with van der Waals surface area (Å²) in [5, 5.41) is 26.5. The minimum Gasteiger partial charge on any atom is -0.243 e. The van der Waals surface area contributed by atoms with Gasteiger partial charge in [-0.05, 0) is 20.9 Å². The zero-order chi connectivity index (χ0) is 8.23. The van der Waals surface area contributed by atoms with E-state index in [1.807, 2.05) is 0 Å². The summed E-state index contributed by atoms with van der Waals surface area (Å²) < 4.78 is 0. The molecule has 0 saturated heterocycles. The van der Waals surface area contributed by atoms with Gasteiger partial charge in [-0.25, -0.2) is 10.2 Å². The summed E-state index contributed by atoms with van der Waals surface area (Å²) in [7, 11) is 0. The predicted molar refractivity (Wildman–Crippen MR) is 35.8 cm³/mol. The molecule has 0 aliphatic rings. The number of hydrogen-bond donors (Lipinski definition) is 2. The van der Waals surface area contributed by atoms with Crippen LogP contribution in [0.5, 0.6) is 0 Å². The summed E-state index contributed by atoms with van der Waals surface area (Å²) in [6.45, 7) is 0. The number of nitrogens with one attached hydrogen (secondary N) is 2. The topological polar surface area (TPSA) is 109 Å². The quantitative estimate of drug-likeness (QED) is 0.620. The van der Waals surface area contributed by atoms with Crippen LogP contribution in [0.3, 0.4) is 0 Å². The van der Waals surface area contributed by atoms with Crippen molar-refractivity contribution in [2.75, 3.05) is 0 Å². The third-order valence-corrected chi connectivity index (χ3v) is 1.38. The fourth-order valence-corrected chi connectivity index (χ4v) is 0.806. The van der Waals surface area contributed by atoms with Crippen LogP contribution in [-0.4, -0.2) is 41.2 Å². The van der Waals surface area contributed by atoms with Gasteiger partial charge in [0.25, 0.3) is 0 Å². The fraction of sp³-hybridized carbons (Fsp3) is 0.500. The Labute approximate surface area is 83.4 Å². The van der Waals surface area contributed by atoms with Gasteiger partial charge in [0.05, 0.1) is 0 Å². The normalized spacial score (nSPS) is 9.54. The molecule has 2 aromatic heterocycles. The molecule has 0 saturated carbocycles. The van der Waals surface area contributed by atoms with Crippen molar-refractivity contribution in [3.8, 4) is 0 Å². The maximum atomic E-state index is 3.72. The molecule has 2 N–H and O–H groups in total. The maximum absolute atomic E-state index is 3.72. The van der Waals surface area contributed by atoms with Gasteiger partial charge < -0.3 is 0 Å². The Morgan fingerprint density at radius 1 is 0.846 bits per heavy atom. The molecule has 8 nitrogen and oxygen atoms in total. The number of aryl methyl sites for hydroxylation is 2. The Morgan fingerprint density at radius 2 is 1.31 bits per heavy atom. The van der Waals surface area contributed by atoms with Crippen molar-refractivity contribution in [1.29, 1.82) is 0 Å². The number of aromatic nitrogens is 8. The van der Waals surface area contributed by atoms with E-state index < -0.39 is 0 Å². The average molecular weight is 230 g/mol. The molecule has 0 atom stereocenters.